The number of benzene rings is 3. The number of carbonyl (C=O) groups excluding carboxylic acids is 1. The van der Waals surface area contributed by atoms with Gasteiger partial charge < -0.3 is 25.2 Å². The summed E-state index contributed by atoms with van der Waals surface area (Å²) < 4.78 is 51.6. The summed E-state index contributed by atoms with van der Waals surface area (Å²) >= 11 is 0. The number of nitrogens with zero attached hydrogens (tertiary/aromatic N) is 4. The minimum atomic E-state index is -0.990. The van der Waals surface area contributed by atoms with Gasteiger partial charge in [0, 0.05) is 94.3 Å². The third-order valence-corrected chi connectivity index (χ3v) is 8.49. The summed E-state index contributed by atoms with van der Waals surface area (Å²) in [5.74, 6) is -3.63. The van der Waals surface area contributed by atoms with Crippen LogP contribution < -0.4 is 0 Å². The molecule has 8 nitrogen and oxygen atoms in total. The van der Waals surface area contributed by atoms with E-state index in [1.54, 1.807) is 60.9 Å². The quantitative estimate of drug-likeness (QED) is 0.0407. The van der Waals surface area contributed by atoms with E-state index in [0.717, 1.165) is 35.5 Å². The van der Waals surface area contributed by atoms with Gasteiger partial charge in [-0.1, -0.05) is 118 Å². The fraction of sp³-hybridized carbons (Fsp3) is 0.192. The molecule has 0 spiro atoms. The summed E-state index contributed by atoms with van der Waals surface area (Å²) in [6.45, 7) is 5.11. The molecule has 7 rings (SSSR count). The van der Waals surface area contributed by atoms with Crippen LogP contribution in [0.5, 0.6) is 0 Å². The van der Waals surface area contributed by atoms with Crippen LogP contribution in [0.3, 0.4) is 0 Å². The van der Waals surface area contributed by atoms with Crippen molar-refractivity contribution in [1.82, 2.24) is 19.9 Å². The summed E-state index contributed by atoms with van der Waals surface area (Å²) in [7, 11) is 0. The second kappa shape index (κ2) is 33.4. The molecule has 0 amide bonds. The van der Waals surface area contributed by atoms with Crippen LogP contribution in [0.15, 0.2) is 152 Å². The Hall–Kier alpha value is -6.04. The molecule has 0 aliphatic heterocycles. The smallest absolute Gasteiger partial charge is 0.354 e. The van der Waals surface area contributed by atoms with Crippen LogP contribution in [-0.2, 0) is 51.4 Å². The first-order chi connectivity index (χ1) is 30.9. The van der Waals surface area contributed by atoms with Gasteiger partial charge in [0.1, 0.15) is 5.69 Å². The summed E-state index contributed by atoms with van der Waals surface area (Å²) in [5, 5.41) is 16.7. The fourth-order valence-electron chi connectivity index (χ4n) is 5.49. The van der Waals surface area contributed by atoms with Gasteiger partial charge in [0.15, 0.2) is 5.78 Å². The van der Waals surface area contributed by atoms with Crippen LogP contribution in [0, 0.1) is 41.5 Å². The predicted molar refractivity (Wildman–Crippen MR) is 241 cm³/mol. The summed E-state index contributed by atoms with van der Waals surface area (Å²) in [6.07, 6.45) is 16.8. The van der Waals surface area contributed by atoms with E-state index in [0.29, 0.717) is 11.4 Å². The second-order valence-electron chi connectivity index (χ2n) is 13.8. The van der Waals surface area contributed by atoms with Crippen molar-refractivity contribution in [3.63, 3.8) is 0 Å². The standard InChI is InChI=1S/C19H24N.2C11H6F2N.C6H5NO2.C5H8O2.2Ir/c1-2-3-4-5-6-7-10-17-12-14-18(15-13-17)19-11-8-9-16-20-19;2*12-8-4-5-9(10(13)7-8)11-3-1-2-6-14-11;8-6(9)5-3-1-2-4-7-5;1-4(6)3-5(2)7;;/h8-9,11-14,16H,2-7,10H2,1H3;2*1-4,6-7H;1-4H,(H,8,9);3,6H,1-2H3;;/q3*-1;;;;. The van der Waals surface area contributed by atoms with Crippen molar-refractivity contribution >= 4 is 11.8 Å². The Kier molecular flexibility index (Phi) is 29.4. The van der Waals surface area contributed by atoms with Gasteiger partial charge in [-0.15, -0.1) is 59.7 Å². The molecular formula is C52H49F4Ir2N4O4-3. The number of halogens is 4. The van der Waals surface area contributed by atoms with Gasteiger partial charge in [-0.05, 0) is 61.3 Å². The van der Waals surface area contributed by atoms with Crippen molar-refractivity contribution in [3.8, 4) is 33.8 Å². The normalized spacial score (nSPS) is 9.95. The molecule has 350 valence electrons. The number of aryl methyl sites for hydroxylation is 1. The largest absolute Gasteiger partial charge is 0.512 e. The number of unbranched alkanes of at least 4 members (excludes halogenated alkanes) is 5. The van der Waals surface area contributed by atoms with Crippen molar-refractivity contribution in [1.29, 1.82) is 0 Å². The Bertz CT molecular complexity index is 2360. The zero-order chi connectivity index (χ0) is 46.5. The minimum Gasteiger partial charge on any atom is -0.512 e. The van der Waals surface area contributed by atoms with Gasteiger partial charge in [-0.3, -0.25) is 22.4 Å². The average molecular weight is 1250 g/mol. The zero-order valence-electron chi connectivity index (χ0n) is 36.5. The Balaban J connectivity index is 0.000000427. The van der Waals surface area contributed by atoms with E-state index in [1.807, 2.05) is 24.4 Å². The molecule has 0 fully saturated rings. The first-order valence-corrected chi connectivity index (χ1v) is 20.4. The SMILES string of the molecule is CC(=O)C=C(C)O.CCCCCCCCc1c[c-]c(-c2ccccn2)cc1.Fc1c[c-]c(-c2ccccn2)c(F)c1.Fc1c[c-]c(-c2ccccn2)c(F)c1.O=C(O)c1ccccn1.[Ir].[Ir]. The van der Waals surface area contributed by atoms with Crippen LogP contribution in [-0.4, -0.2) is 41.9 Å². The Morgan fingerprint density at radius 2 is 1.05 bits per heavy atom. The zero-order valence-corrected chi connectivity index (χ0v) is 41.3. The van der Waals surface area contributed by atoms with Crippen molar-refractivity contribution in [2.24, 2.45) is 0 Å². The number of hydrogen-bond donors (Lipinski definition) is 2. The number of aliphatic hydroxyl groups excluding tert-OH is 1. The van der Waals surface area contributed by atoms with E-state index >= 15 is 0 Å². The topological polar surface area (TPSA) is 126 Å². The van der Waals surface area contributed by atoms with Crippen molar-refractivity contribution in [2.75, 3.05) is 0 Å². The number of rotatable bonds is 12. The Labute approximate surface area is 411 Å². The molecule has 2 N–H and O–H groups in total. The molecule has 0 bridgehead atoms. The molecule has 0 atom stereocenters. The first kappa shape index (κ1) is 58.0. The van der Waals surface area contributed by atoms with Crippen molar-refractivity contribution < 1.29 is 77.6 Å². The van der Waals surface area contributed by atoms with Crippen LogP contribution in [0.25, 0.3) is 33.8 Å². The van der Waals surface area contributed by atoms with Crippen LogP contribution in [0.1, 0.15) is 75.3 Å². The number of aliphatic hydroxyl groups is 1. The monoisotopic (exact) mass is 1260 g/mol. The number of hydrogen-bond acceptors (Lipinski definition) is 7. The number of aromatic nitrogens is 4. The van der Waals surface area contributed by atoms with E-state index in [1.165, 1.54) is 82.7 Å². The molecule has 0 saturated carbocycles. The van der Waals surface area contributed by atoms with Gasteiger partial charge in [0.2, 0.25) is 0 Å². The molecule has 2 radical (unpaired) electrons. The first-order valence-electron chi connectivity index (χ1n) is 20.4. The van der Waals surface area contributed by atoms with Crippen LogP contribution >= 0.6 is 0 Å². The Morgan fingerprint density at radius 3 is 1.39 bits per heavy atom. The summed E-state index contributed by atoms with van der Waals surface area (Å²) in [6, 6.07) is 39.6. The number of pyridine rings is 4. The molecular weight excluding hydrogens is 1210 g/mol. The number of carboxylic acid groups (broad SMARTS) is 1. The van der Waals surface area contributed by atoms with Gasteiger partial charge in [0.05, 0.1) is 5.76 Å². The fourth-order valence-corrected chi connectivity index (χ4v) is 5.49. The van der Waals surface area contributed by atoms with E-state index in [9.17, 15) is 27.2 Å². The summed E-state index contributed by atoms with van der Waals surface area (Å²) in [5.41, 5.74) is 4.82. The van der Waals surface area contributed by atoms with E-state index in [4.69, 9.17) is 10.2 Å². The predicted octanol–water partition coefficient (Wildman–Crippen LogP) is 12.9. The molecule has 0 aliphatic rings. The molecule has 4 aromatic heterocycles. The second-order valence-corrected chi connectivity index (χ2v) is 13.8. The van der Waals surface area contributed by atoms with Gasteiger partial charge in [-0.25, -0.2) is 9.78 Å². The van der Waals surface area contributed by atoms with Gasteiger partial charge >= 0.3 is 5.97 Å². The maximum absolute atomic E-state index is 13.2. The molecule has 7 aromatic rings. The number of ketones is 1. The van der Waals surface area contributed by atoms with Crippen LogP contribution in [0.2, 0.25) is 0 Å². The molecule has 0 saturated heterocycles. The van der Waals surface area contributed by atoms with Gasteiger partial charge in [-0.2, -0.15) is 0 Å². The number of aromatic carboxylic acids is 1. The third-order valence-electron chi connectivity index (χ3n) is 8.49. The molecule has 4 heterocycles. The maximum Gasteiger partial charge on any atom is 0.354 e. The average Bonchev–Trinajstić information content (AvgIpc) is 3.29. The molecule has 66 heavy (non-hydrogen) atoms. The number of allylic oxidation sites excluding steroid dienone is 2. The number of carboxylic acids is 1. The summed E-state index contributed by atoms with van der Waals surface area (Å²) in [4.78, 5) is 36.0. The van der Waals surface area contributed by atoms with Gasteiger partial charge in [0.25, 0.3) is 0 Å². The van der Waals surface area contributed by atoms with Crippen molar-refractivity contribution in [3.05, 3.63) is 205 Å². The molecule has 0 unspecified atom stereocenters. The van der Waals surface area contributed by atoms with E-state index in [-0.39, 0.29) is 68.6 Å². The van der Waals surface area contributed by atoms with Crippen molar-refractivity contribution in [2.45, 2.75) is 65.7 Å². The Morgan fingerprint density at radius 1 is 0.576 bits per heavy atom. The van der Waals surface area contributed by atoms with E-state index < -0.39 is 29.2 Å². The molecule has 0 aliphatic carbocycles. The minimum absolute atomic E-state index is 0. The maximum atomic E-state index is 13.2. The molecule has 3 aromatic carbocycles. The van der Waals surface area contributed by atoms with Crippen LogP contribution in [0.4, 0.5) is 17.6 Å². The number of carbonyl (C=O) groups is 2. The third kappa shape index (κ3) is 23.2. The van der Waals surface area contributed by atoms with E-state index in [2.05, 4.69) is 63.3 Å². The molecule has 14 heteroatoms.